The van der Waals surface area contributed by atoms with Gasteiger partial charge in [-0.2, -0.15) is 0 Å². The van der Waals surface area contributed by atoms with Crippen LogP contribution >= 0.6 is 15.9 Å². The Labute approximate surface area is 228 Å². The van der Waals surface area contributed by atoms with Crippen LogP contribution in [0.2, 0.25) is 0 Å². The molecule has 4 aromatic rings. The second kappa shape index (κ2) is 11.2. The number of aromatic nitrogens is 2. The predicted octanol–water partition coefficient (Wildman–Crippen LogP) is 5.10. The number of carbonyl (C=O) groups excluding carboxylic acids is 2. The number of rotatable bonds is 9. The molecule has 194 valence electrons. The summed E-state index contributed by atoms with van der Waals surface area (Å²) >= 11 is 3.47. The van der Waals surface area contributed by atoms with Crippen molar-refractivity contribution in [1.29, 1.82) is 0 Å². The normalized spacial score (nSPS) is 16.0. The van der Waals surface area contributed by atoms with Gasteiger partial charge in [0.25, 0.3) is 5.91 Å². The molecular weight excluding hydrogens is 548 g/mol. The number of imide groups is 1. The van der Waals surface area contributed by atoms with Crippen molar-refractivity contribution in [3.63, 3.8) is 0 Å². The molecule has 1 saturated heterocycles. The molecule has 1 fully saturated rings. The Bertz CT molecular complexity index is 1420. The van der Waals surface area contributed by atoms with E-state index < -0.39 is 18.1 Å². The van der Waals surface area contributed by atoms with Crippen molar-refractivity contribution in [1.82, 2.24) is 20.2 Å². The van der Waals surface area contributed by atoms with E-state index in [0.29, 0.717) is 23.6 Å². The maximum absolute atomic E-state index is 13.7. The van der Waals surface area contributed by atoms with Crippen LogP contribution in [-0.2, 0) is 11.2 Å². The monoisotopic (exact) mass is 574 g/mol. The van der Waals surface area contributed by atoms with Gasteiger partial charge in [0, 0.05) is 10.9 Å². The lowest BCUT2D eigenvalue weighted by Gasteiger charge is -2.24. The Morgan fingerprint density at radius 3 is 2.42 bits per heavy atom. The summed E-state index contributed by atoms with van der Waals surface area (Å²) in [6.07, 6.45) is 0.410. The summed E-state index contributed by atoms with van der Waals surface area (Å²) < 4.78 is 6.38. The van der Waals surface area contributed by atoms with Crippen molar-refractivity contribution < 1.29 is 19.4 Å². The number of aryl methyl sites for hydroxylation is 1. The van der Waals surface area contributed by atoms with Crippen molar-refractivity contribution in [2.75, 3.05) is 13.2 Å². The summed E-state index contributed by atoms with van der Waals surface area (Å²) in [7, 11) is 0. The van der Waals surface area contributed by atoms with Crippen molar-refractivity contribution in [3.05, 3.63) is 106 Å². The minimum atomic E-state index is -0.824. The zero-order valence-electron chi connectivity index (χ0n) is 20.7. The van der Waals surface area contributed by atoms with Gasteiger partial charge in [0.2, 0.25) is 0 Å². The zero-order valence-corrected chi connectivity index (χ0v) is 22.3. The lowest BCUT2D eigenvalue weighted by molar-refractivity contribution is -0.129. The first-order chi connectivity index (χ1) is 18.4. The number of amides is 3. The SMILES string of the molecule is Cc1nc([C@H](Cc2ccccc2)N2C(=O)N[C@H](c3ccc(OCCO)cc3)C2=O)[nH]c1-c1ccc(Br)cc1. The minimum Gasteiger partial charge on any atom is -0.491 e. The molecule has 2 atom stereocenters. The van der Waals surface area contributed by atoms with Crippen LogP contribution in [-0.4, -0.2) is 45.1 Å². The Morgan fingerprint density at radius 2 is 1.74 bits per heavy atom. The van der Waals surface area contributed by atoms with Crippen LogP contribution in [0.15, 0.2) is 83.3 Å². The van der Waals surface area contributed by atoms with E-state index >= 15 is 0 Å². The number of halogens is 1. The van der Waals surface area contributed by atoms with E-state index in [2.05, 4.69) is 26.2 Å². The summed E-state index contributed by atoms with van der Waals surface area (Å²) in [5, 5.41) is 11.8. The number of carbonyl (C=O) groups is 2. The largest absolute Gasteiger partial charge is 0.491 e. The van der Waals surface area contributed by atoms with Crippen molar-refractivity contribution >= 4 is 27.9 Å². The molecule has 0 bridgehead atoms. The molecule has 3 N–H and O–H groups in total. The Hall–Kier alpha value is -3.95. The number of urea groups is 1. The van der Waals surface area contributed by atoms with E-state index in [9.17, 15) is 9.59 Å². The van der Waals surface area contributed by atoms with E-state index in [0.717, 1.165) is 27.0 Å². The lowest BCUT2D eigenvalue weighted by Crippen LogP contribution is -2.36. The molecule has 3 aromatic carbocycles. The molecule has 9 heteroatoms. The number of hydrogen-bond acceptors (Lipinski definition) is 5. The van der Waals surface area contributed by atoms with E-state index in [4.69, 9.17) is 14.8 Å². The molecule has 1 aliphatic rings. The molecule has 3 amide bonds. The average Bonchev–Trinajstić information content (AvgIpc) is 3.46. The first-order valence-electron chi connectivity index (χ1n) is 12.3. The van der Waals surface area contributed by atoms with Crippen LogP contribution in [0.1, 0.15) is 34.7 Å². The number of ether oxygens (including phenoxy) is 1. The fourth-order valence-electron chi connectivity index (χ4n) is 4.62. The van der Waals surface area contributed by atoms with Gasteiger partial charge in [-0.25, -0.2) is 9.78 Å². The topological polar surface area (TPSA) is 108 Å². The highest BCUT2D eigenvalue weighted by Gasteiger charge is 2.44. The predicted molar refractivity (Wildman–Crippen MR) is 146 cm³/mol. The quantitative estimate of drug-likeness (QED) is 0.241. The molecule has 0 spiro atoms. The molecular formula is C29H27BrN4O4. The average molecular weight is 575 g/mol. The second-order valence-electron chi connectivity index (χ2n) is 9.03. The van der Waals surface area contributed by atoms with E-state index in [1.807, 2.05) is 61.5 Å². The minimum absolute atomic E-state index is 0.0908. The molecule has 0 radical (unpaired) electrons. The molecule has 0 aliphatic carbocycles. The van der Waals surface area contributed by atoms with E-state index in [1.165, 1.54) is 4.90 Å². The second-order valence-corrected chi connectivity index (χ2v) is 9.94. The molecule has 8 nitrogen and oxygen atoms in total. The number of H-pyrrole nitrogens is 1. The number of aliphatic hydroxyl groups is 1. The smallest absolute Gasteiger partial charge is 0.325 e. The number of imidazole rings is 1. The highest BCUT2D eigenvalue weighted by Crippen LogP contribution is 2.34. The van der Waals surface area contributed by atoms with Crippen molar-refractivity contribution in [3.8, 4) is 17.0 Å². The highest BCUT2D eigenvalue weighted by molar-refractivity contribution is 9.10. The van der Waals surface area contributed by atoms with Crippen LogP contribution < -0.4 is 10.1 Å². The number of aromatic amines is 1. The first kappa shape index (κ1) is 25.7. The number of nitrogens with zero attached hydrogens (tertiary/aromatic N) is 2. The molecule has 0 saturated carbocycles. The van der Waals surface area contributed by atoms with Gasteiger partial charge in [-0.1, -0.05) is 70.5 Å². The number of benzene rings is 3. The van der Waals surface area contributed by atoms with Crippen LogP contribution in [0.4, 0.5) is 4.79 Å². The van der Waals surface area contributed by atoms with Crippen LogP contribution in [0.5, 0.6) is 5.75 Å². The third kappa shape index (κ3) is 5.34. The molecule has 0 unspecified atom stereocenters. The van der Waals surface area contributed by atoms with Gasteiger partial charge in [-0.3, -0.25) is 9.69 Å². The van der Waals surface area contributed by atoms with Crippen LogP contribution in [0.3, 0.4) is 0 Å². The maximum atomic E-state index is 13.7. The lowest BCUT2D eigenvalue weighted by atomic mass is 10.0. The summed E-state index contributed by atoms with van der Waals surface area (Å²) in [5.41, 5.74) is 4.20. The maximum Gasteiger partial charge on any atom is 0.325 e. The summed E-state index contributed by atoms with van der Waals surface area (Å²) in [5.74, 6) is 0.769. The Balaban J connectivity index is 1.48. The van der Waals surface area contributed by atoms with Gasteiger partial charge in [0.15, 0.2) is 0 Å². The first-order valence-corrected chi connectivity index (χ1v) is 13.1. The van der Waals surface area contributed by atoms with Crippen molar-refractivity contribution in [2.45, 2.75) is 25.4 Å². The number of hydrogen-bond donors (Lipinski definition) is 3. The highest BCUT2D eigenvalue weighted by atomic mass is 79.9. The molecule has 38 heavy (non-hydrogen) atoms. The van der Waals surface area contributed by atoms with Gasteiger partial charge in [0.1, 0.15) is 30.3 Å². The van der Waals surface area contributed by atoms with Gasteiger partial charge in [-0.05, 0) is 47.9 Å². The van der Waals surface area contributed by atoms with Crippen LogP contribution in [0.25, 0.3) is 11.3 Å². The summed E-state index contributed by atoms with van der Waals surface area (Å²) in [4.78, 5) is 36.4. The molecule has 1 aromatic heterocycles. The Morgan fingerprint density at radius 1 is 1.03 bits per heavy atom. The third-order valence-electron chi connectivity index (χ3n) is 6.48. The third-order valence-corrected chi connectivity index (χ3v) is 7.01. The number of nitrogens with one attached hydrogen (secondary N) is 2. The van der Waals surface area contributed by atoms with E-state index in [1.54, 1.807) is 24.3 Å². The molecule has 5 rings (SSSR count). The molecule has 1 aliphatic heterocycles. The van der Waals surface area contributed by atoms with E-state index in [-0.39, 0.29) is 19.1 Å². The van der Waals surface area contributed by atoms with Gasteiger partial charge in [-0.15, -0.1) is 0 Å². The fraction of sp³-hybridized carbons (Fsp3) is 0.207. The number of aliphatic hydroxyl groups excluding tert-OH is 1. The fourth-order valence-corrected chi connectivity index (χ4v) is 4.89. The van der Waals surface area contributed by atoms with Gasteiger partial charge in [0.05, 0.1) is 18.0 Å². The summed E-state index contributed by atoms with van der Waals surface area (Å²) in [6.45, 7) is 2.00. The van der Waals surface area contributed by atoms with Gasteiger partial charge >= 0.3 is 6.03 Å². The summed E-state index contributed by atoms with van der Waals surface area (Å²) in [6, 6.07) is 22.6. The molecule has 2 heterocycles. The Kier molecular flexibility index (Phi) is 7.57. The zero-order chi connectivity index (χ0) is 26.6. The van der Waals surface area contributed by atoms with Gasteiger partial charge < -0.3 is 20.1 Å². The van der Waals surface area contributed by atoms with Crippen LogP contribution in [0, 0.1) is 6.92 Å². The standard InChI is InChI=1S/C29H27BrN4O4/c1-18-25(20-7-11-22(30)12-8-20)32-27(31-18)24(17-19-5-3-2-4-6-19)34-28(36)26(33-29(34)37)21-9-13-23(14-10-21)38-16-15-35/h2-14,24,26,35H,15-17H2,1H3,(H,31,32)(H,33,37)/t24-,26+/m0/s1. The van der Waals surface area contributed by atoms with Crippen molar-refractivity contribution in [2.24, 2.45) is 0 Å².